The summed E-state index contributed by atoms with van der Waals surface area (Å²) in [5.74, 6) is 2.38. The molecule has 0 amide bonds. The second-order valence-corrected chi connectivity index (χ2v) is 7.99. The lowest BCUT2D eigenvalue weighted by Gasteiger charge is -2.13. The van der Waals surface area contributed by atoms with E-state index in [-0.39, 0.29) is 10.7 Å². The molecule has 6 nitrogen and oxygen atoms in total. The summed E-state index contributed by atoms with van der Waals surface area (Å²) in [6.45, 7) is 8.38. The molecule has 0 aliphatic rings. The van der Waals surface area contributed by atoms with Gasteiger partial charge in [0.2, 0.25) is 5.89 Å². The van der Waals surface area contributed by atoms with Gasteiger partial charge in [0.25, 0.3) is 0 Å². The van der Waals surface area contributed by atoms with Gasteiger partial charge in [-0.1, -0.05) is 32.5 Å². The maximum atomic E-state index is 5.91. The highest BCUT2D eigenvalue weighted by Crippen LogP contribution is 2.35. The molecule has 0 aliphatic heterocycles. The van der Waals surface area contributed by atoms with Crippen molar-refractivity contribution < 1.29 is 4.42 Å². The lowest BCUT2D eigenvalue weighted by Crippen LogP contribution is -2.09. The van der Waals surface area contributed by atoms with Crippen LogP contribution in [0.15, 0.2) is 40.3 Å². The molecule has 24 heavy (non-hydrogen) atoms. The first-order valence-electron chi connectivity index (χ1n) is 7.79. The summed E-state index contributed by atoms with van der Waals surface area (Å²) in [5.41, 5.74) is 0.895. The van der Waals surface area contributed by atoms with Crippen LogP contribution in [-0.4, -0.2) is 24.7 Å². The molecule has 0 aromatic carbocycles. The van der Waals surface area contributed by atoms with E-state index in [9.17, 15) is 0 Å². The number of hydrogen-bond donors (Lipinski definition) is 0. The van der Waals surface area contributed by atoms with Gasteiger partial charge in [-0.2, -0.15) is 0 Å². The number of aromatic nitrogens is 5. The second kappa shape index (κ2) is 6.39. The smallest absolute Gasteiger partial charge is 0.207 e. The number of thioether (sulfide) groups is 1. The molecule has 0 fully saturated rings. The molecule has 0 saturated carbocycles. The Bertz CT molecular complexity index is 819. The monoisotopic (exact) mass is 343 g/mol. The summed E-state index contributed by atoms with van der Waals surface area (Å²) < 4.78 is 7.88. The lowest BCUT2D eigenvalue weighted by atomic mass is 9.94. The first-order valence-corrected chi connectivity index (χ1v) is 8.67. The molecule has 0 spiro atoms. The Labute approximate surface area is 145 Å². The van der Waals surface area contributed by atoms with Crippen molar-refractivity contribution >= 4 is 11.8 Å². The summed E-state index contributed by atoms with van der Waals surface area (Å²) in [4.78, 5) is 8.55. The van der Waals surface area contributed by atoms with Crippen molar-refractivity contribution in [1.82, 2.24) is 24.7 Å². The zero-order valence-corrected chi connectivity index (χ0v) is 15.3. The third kappa shape index (κ3) is 3.36. The topological polar surface area (TPSA) is 69.6 Å². The highest BCUT2D eigenvalue weighted by Gasteiger charge is 2.23. The van der Waals surface area contributed by atoms with Gasteiger partial charge in [0, 0.05) is 30.4 Å². The quantitative estimate of drug-likeness (QED) is 0.667. The van der Waals surface area contributed by atoms with Crippen molar-refractivity contribution in [3.05, 3.63) is 42.4 Å². The minimum absolute atomic E-state index is 0.0470. The Kier molecular flexibility index (Phi) is 4.45. The van der Waals surface area contributed by atoms with E-state index in [0.29, 0.717) is 5.89 Å². The fourth-order valence-corrected chi connectivity index (χ4v) is 3.05. The Morgan fingerprint density at radius 1 is 1.21 bits per heavy atom. The first-order chi connectivity index (χ1) is 11.4. The number of pyridine rings is 1. The van der Waals surface area contributed by atoms with Gasteiger partial charge in [0.05, 0.1) is 11.4 Å². The van der Waals surface area contributed by atoms with Crippen molar-refractivity contribution in [2.75, 3.05) is 0 Å². The van der Waals surface area contributed by atoms with Crippen LogP contribution in [0.1, 0.15) is 44.6 Å². The van der Waals surface area contributed by atoms with Gasteiger partial charge in [-0.05, 0) is 19.1 Å². The molecule has 3 aromatic heterocycles. The molecule has 0 N–H and O–H groups in total. The van der Waals surface area contributed by atoms with Gasteiger partial charge in [0.1, 0.15) is 5.76 Å². The highest BCUT2D eigenvalue weighted by molar-refractivity contribution is 7.99. The summed E-state index contributed by atoms with van der Waals surface area (Å²) in [7, 11) is 1.95. The zero-order chi connectivity index (χ0) is 17.3. The minimum Gasteiger partial charge on any atom is -0.444 e. The largest absolute Gasteiger partial charge is 0.444 e. The molecule has 3 rings (SSSR count). The number of rotatable bonds is 4. The summed E-state index contributed by atoms with van der Waals surface area (Å²) >= 11 is 1.58. The maximum absolute atomic E-state index is 5.91. The van der Waals surface area contributed by atoms with Crippen LogP contribution in [0, 0.1) is 0 Å². The third-order valence-corrected chi connectivity index (χ3v) is 4.77. The number of hydrogen-bond acceptors (Lipinski definition) is 6. The van der Waals surface area contributed by atoms with Crippen LogP contribution >= 0.6 is 11.8 Å². The Morgan fingerprint density at radius 3 is 2.62 bits per heavy atom. The van der Waals surface area contributed by atoms with Gasteiger partial charge in [-0.3, -0.25) is 4.98 Å². The highest BCUT2D eigenvalue weighted by atomic mass is 32.2. The molecule has 1 atom stereocenters. The predicted octanol–water partition coefficient (Wildman–Crippen LogP) is 4.02. The Hall–Kier alpha value is -2.15. The maximum Gasteiger partial charge on any atom is 0.207 e. The molecule has 0 unspecified atom stereocenters. The van der Waals surface area contributed by atoms with Crippen molar-refractivity contribution in [3.63, 3.8) is 0 Å². The zero-order valence-electron chi connectivity index (χ0n) is 14.5. The van der Waals surface area contributed by atoms with Crippen LogP contribution < -0.4 is 0 Å². The average molecular weight is 343 g/mol. The Balaban J connectivity index is 1.79. The third-order valence-electron chi connectivity index (χ3n) is 3.65. The van der Waals surface area contributed by atoms with Crippen LogP contribution in [0.4, 0.5) is 0 Å². The standard InChI is InChI=1S/C17H21N5OS/c1-11(15-19-10-13(23-15)17(2,3)4)24-16-21-20-14(22(16)5)12-7-6-8-18-9-12/h6-11H,1-5H3/t11-/m0/s1. The molecule has 0 radical (unpaired) electrons. The van der Waals surface area contributed by atoms with E-state index in [1.165, 1.54) is 0 Å². The van der Waals surface area contributed by atoms with Crippen LogP contribution in [0.3, 0.4) is 0 Å². The van der Waals surface area contributed by atoms with Crippen LogP contribution in [0.2, 0.25) is 0 Å². The van der Waals surface area contributed by atoms with Gasteiger partial charge in [-0.25, -0.2) is 4.98 Å². The summed E-state index contributed by atoms with van der Waals surface area (Å²) in [5, 5.41) is 9.43. The first kappa shape index (κ1) is 16.7. The van der Waals surface area contributed by atoms with Gasteiger partial charge >= 0.3 is 0 Å². The normalized spacial score (nSPS) is 13.2. The lowest BCUT2D eigenvalue weighted by molar-refractivity contribution is 0.383. The van der Waals surface area contributed by atoms with E-state index in [4.69, 9.17) is 4.42 Å². The van der Waals surface area contributed by atoms with Crippen molar-refractivity contribution in [1.29, 1.82) is 0 Å². The molecule has 3 aromatic rings. The van der Waals surface area contributed by atoms with Crippen molar-refractivity contribution in [2.24, 2.45) is 7.05 Å². The molecular formula is C17H21N5OS. The van der Waals surface area contributed by atoms with E-state index in [0.717, 1.165) is 22.3 Å². The Morgan fingerprint density at radius 2 is 2.00 bits per heavy atom. The fraction of sp³-hybridized carbons (Fsp3) is 0.412. The van der Waals surface area contributed by atoms with Crippen molar-refractivity contribution in [3.8, 4) is 11.4 Å². The SMILES string of the molecule is C[C@H](Sc1nnc(-c2cccnc2)n1C)c1ncc(C(C)(C)C)o1. The van der Waals surface area contributed by atoms with Crippen LogP contribution in [0.5, 0.6) is 0 Å². The van der Waals surface area contributed by atoms with E-state index >= 15 is 0 Å². The molecule has 7 heteroatoms. The molecule has 0 saturated heterocycles. The second-order valence-electron chi connectivity index (χ2n) is 6.68. The van der Waals surface area contributed by atoms with Crippen molar-refractivity contribution in [2.45, 2.75) is 43.5 Å². The fourth-order valence-electron chi connectivity index (χ4n) is 2.19. The summed E-state index contributed by atoms with van der Waals surface area (Å²) in [6.07, 6.45) is 5.34. The van der Waals surface area contributed by atoms with Crippen LogP contribution in [0.25, 0.3) is 11.4 Å². The number of nitrogens with zero attached hydrogens (tertiary/aromatic N) is 5. The molecule has 126 valence electrons. The van der Waals surface area contributed by atoms with E-state index in [1.807, 2.05) is 29.9 Å². The minimum atomic E-state index is -0.0477. The van der Waals surface area contributed by atoms with Crippen LogP contribution in [-0.2, 0) is 12.5 Å². The van der Waals surface area contributed by atoms with Gasteiger partial charge in [0.15, 0.2) is 11.0 Å². The van der Waals surface area contributed by atoms with Gasteiger partial charge in [-0.15, -0.1) is 10.2 Å². The molecule has 0 bridgehead atoms. The van der Waals surface area contributed by atoms with Gasteiger partial charge < -0.3 is 8.98 Å². The molecule has 3 heterocycles. The summed E-state index contributed by atoms with van der Waals surface area (Å²) in [6, 6.07) is 3.86. The predicted molar refractivity (Wildman–Crippen MR) is 93.7 cm³/mol. The average Bonchev–Trinajstić information content (AvgIpc) is 3.16. The van der Waals surface area contributed by atoms with E-state index in [1.54, 1.807) is 24.2 Å². The number of oxazole rings is 1. The van der Waals surface area contributed by atoms with E-state index < -0.39 is 0 Å². The van der Waals surface area contributed by atoms with E-state index in [2.05, 4.69) is 47.9 Å². The molecular weight excluding hydrogens is 322 g/mol. The molecule has 0 aliphatic carbocycles.